The van der Waals surface area contributed by atoms with E-state index in [1.165, 1.54) is 0 Å². The number of pyridine rings is 4. The molecule has 23 heteroatoms. The normalized spacial score (nSPS) is 18.0. The molecule has 84 heavy (non-hydrogen) atoms. The Morgan fingerprint density at radius 1 is 0.607 bits per heavy atom. The molecule has 0 aliphatic carbocycles. The van der Waals surface area contributed by atoms with Crippen LogP contribution in [0.5, 0.6) is 0 Å². The largest absolute Gasteiger partial charge is 0.460 e. The number of hydrogen-bond acceptors (Lipinski definition) is 19. The number of para-hydroxylation sites is 2. The SMILES string of the molecule is CC[C@@]1(OC(=O)[C@@H](CC(=O)OC(C)(C)C)NC(=O)OC(C)(C)C)C(=O)OCc2c1cc1n(c2=O)Cc2cc3ccccc3nc2-1.CC[C@@]1(OC(=O)[C@H](N)CC(=O)OC(C)(C)C)C(=O)OCc2c1cc1n(c2=O)Cc2cc3ccccc3nc2-1.Cl. The van der Waals surface area contributed by atoms with Crippen molar-refractivity contribution in [3.05, 3.63) is 127 Å². The molecule has 0 saturated heterocycles. The summed E-state index contributed by atoms with van der Waals surface area (Å²) in [5.41, 5.74) is 4.96. The van der Waals surface area contributed by atoms with Gasteiger partial charge in [0.05, 0.1) is 70.9 Å². The van der Waals surface area contributed by atoms with Gasteiger partial charge in [0, 0.05) is 33.0 Å². The minimum Gasteiger partial charge on any atom is -0.460 e. The third kappa shape index (κ3) is 12.1. The molecule has 3 N–H and O–H groups in total. The maximum atomic E-state index is 13.8. The molecule has 444 valence electrons. The lowest BCUT2D eigenvalue weighted by molar-refractivity contribution is -0.191. The Balaban J connectivity index is 0.000000219. The summed E-state index contributed by atoms with van der Waals surface area (Å²) in [5, 5.41) is 4.25. The molecule has 4 aromatic heterocycles. The molecule has 0 fully saturated rings. The van der Waals surface area contributed by atoms with Crippen molar-refractivity contribution >= 4 is 76.1 Å². The quantitative estimate of drug-likeness (QED) is 0.0943. The van der Waals surface area contributed by atoms with Gasteiger partial charge >= 0.3 is 41.9 Å². The lowest BCUT2D eigenvalue weighted by Crippen LogP contribution is -2.52. The number of nitrogens with zero attached hydrogens (tertiary/aromatic N) is 4. The molecule has 4 atom stereocenters. The molecule has 10 rings (SSSR count). The number of carbonyl (C=O) groups is 7. The number of cyclic esters (lactones) is 2. The molecule has 0 radical (unpaired) electrons. The van der Waals surface area contributed by atoms with Crippen molar-refractivity contribution in [2.24, 2.45) is 5.73 Å². The molecule has 6 aromatic rings. The van der Waals surface area contributed by atoms with Crippen LogP contribution in [0.4, 0.5) is 4.79 Å². The van der Waals surface area contributed by atoms with Crippen LogP contribution in [0.15, 0.2) is 82.4 Å². The molecule has 0 spiro atoms. The van der Waals surface area contributed by atoms with Crippen molar-refractivity contribution in [1.82, 2.24) is 24.4 Å². The van der Waals surface area contributed by atoms with Gasteiger partial charge in [0.1, 0.15) is 42.1 Å². The fourth-order valence-corrected chi connectivity index (χ4v) is 10.5. The number of alkyl carbamates (subject to hydrolysis) is 1. The maximum absolute atomic E-state index is 13.8. The van der Waals surface area contributed by atoms with E-state index in [1.807, 2.05) is 60.7 Å². The summed E-state index contributed by atoms with van der Waals surface area (Å²) >= 11 is 0. The monoisotopic (exact) mass is 1170 g/mol. The second-order valence-electron chi connectivity index (χ2n) is 23.7. The summed E-state index contributed by atoms with van der Waals surface area (Å²) in [7, 11) is 0. The summed E-state index contributed by atoms with van der Waals surface area (Å²) in [6, 6.07) is 19.6. The van der Waals surface area contributed by atoms with Crippen molar-refractivity contribution in [1.29, 1.82) is 0 Å². The molecule has 8 heterocycles. The average molecular weight is 1180 g/mol. The highest BCUT2D eigenvalue weighted by Gasteiger charge is 2.53. The van der Waals surface area contributed by atoms with Crippen molar-refractivity contribution < 1.29 is 66.7 Å². The van der Waals surface area contributed by atoms with Gasteiger partial charge in [-0.25, -0.2) is 29.1 Å². The van der Waals surface area contributed by atoms with Crippen LogP contribution < -0.4 is 22.2 Å². The number of esters is 6. The summed E-state index contributed by atoms with van der Waals surface area (Å²) in [4.78, 5) is 128. The summed E-state index contributed by atoms with van der Waals surface area (Å²) in [5.74, 6) is -5.24. The Morgan fingerprint density at radius 3 is 1.43 bits per heavy atom. The lowest BCUT2D eigenvalue weighted by Gasteiger charge is -2.36. The molecule has 0 bridgehead atoms. The first-order valence-corrected chi connectivity index (χ1v) is 27.3. The molecule has 1 amide bonds. The number of aromatic nitrogens is 4. The van der Waals surface area contributed by atoms with Gasteiger partial charge in [0.15, 0.2) is 0 Å². The van der Waals surface area contributed by atoms with Crippen LogP contribution in [0.1, 0.15) is 135 Å². The molecule has 4 aliphatic rings. The van der Waals surface area contributed by atoms with Crippen molar-refractivity contribution in [3.63, 3.8) is 0 Å². The summed E-state index contributed by atoms with van der Waals surface area (Å²) < 4.78 is 41.4. The molecule has 0 saturated carbocycles. The molecular formula is C61H67ClN6O16. The van der Waals surface area contributed by atoms with Crippen LogP contribution >= 0.6 is 12.4 Å². The third-order valence-electron chi connectivity index (χ3n) is 14.2. The Morgan fingerprint density at radius 2 is 1.01 bits per heavy atom. The number of hydrogen-bond donors (Lipinski definition) is 2. The zero-order chi connectivity index (χ0) is 60.3. The number of ether oxygens (including phenoxy) is 7. The van der Waals surface area contributed by atoms with Gasteiger partial charge in [0.25, 0.3) is 11.1 Å². The zero-order valence-electron chi connectivity index (χ0n) is 48.5. The number of rotatable bonds is 11. The number of halogens is 1. The van der Waals surface area contributed by atoms with Gasteiger partial charge in [0.2, 0.25) is 11.2 Å². The topological polar surface area (TPSA) is 292 Å². The van der Waals surface area contributed by atoms with Gasteiger partial charge in [-0.1, -0.05) is 50.2 Å². The predicted octanol–water partition coefficient (Wildman–Crippen LogP) is 7.37. The average Bonchev–Trinajstić information content (AvgIpc) is 1.74. The highest BCUT2D eigenvalue weighted by Crippen LogP contribution is 2.43. The highest BCUT2D eigenvalue weighted by atomic mass is 35.5. The summed E-state index contributed by atoms with van der Waals surface area (Å²) in [6.07, 6.45) is -2.12. The number of fused-ring (bicyclic) bond motifs is 10. The van der Waals surface area contributed by atoms with Gasteiger partial charge in [-0.2, -0.15) is 0 Å². The van der Waals surface area contributed by atoms with Crippen molar-refractivity contribution in [3.8, 4) is 22.8 Å². The van der Waals surface area contributed by atoms with E-state index < -0.39 is 100 Å². The minimum absolute atomic E-state index is 0. The zero-order valence-corrected chi connectivity index (χ0v) is 49.4. The molecule has 4 aliphatic heterocycles. The second-order valence-corrected chi connectivity index (χ2v) is 23.7. The van der Waals surface area contributed by atoms with E-state index in [2.05, 4.69) is 5.32 Å². The van der Waals surface area contributed by atoms with Gasteiger partial charge < -0.3 is 53.3 Å². The first kappa shape index (κ1) is 61.6. The number of carbonyl (C=O) groups excluding carboxylic acids is 7. The van der Waals surface area contributed by atoms with Crippen molar-refractivity contribution in [2.45, 2.75) is 168 Å². The first-order valence-electron chi connectivity index (χ1n) is 27.3. The van der Waals surface area contributed by atoms with E-state index in [0.717, 1.165) is 32.9 Å². The van der Waals surface area contributed by atoms with Gasteiger partial charge in [-0.15, -0.1) is 12.4 Å². The number of amides is 1. The van der Waals surface area contributed by atoms with E-state index in [0.29, 0.717) is 29.3 Å². The Kier molecular flexibility index (Phi) is 16.8. The molecule has 2 aromatic carbocycles. The van der Waals surface area contributed by atoms with E-state index in [1.54, 1.807) is 97.4 Å². The Labute approximate surface area is 489 Å². The smallest absolute Gasteiger partial charge is 0.408 e. The van der Waals surface area contributed by atoms with Crippen molar-refractivity contribution in [2.75, 3.05) is 0 Å². The van der Waals surface area contributed by atoms with E-state index >= 15 is 0 Å². The molecule has 22 nitrogen and oxygen atoms in total. The van der Waals surface area contributed by atoms with Crippen LogP contribution in [0.3, 0.4) is 0 Å². The highest BCUT2D eigenvalue weighted by molar-refractivity contribution is 5.93. The van der Waals surface area contributed by atoms with Crippen LogP contribution in [0.2, 0.25) is 0 Å². The summed E-state index contributed by atoms with van der Waals surface area (Å²) in [6.45, 7) is 18.3. The van der Waals surface area contributed by atoms with Crippen LogP contribution in [0, 0.1) is 0 Å². The standard InChI is InChI=1S/C33H37N3O9.C28H29N3O7.ClH/c1-8-33(44-28(39)23(15-25(37)43-31(2,3)4)35-30(41)45-32(5,6)7)21-14-24-26-19(13-18-11-9-10-12-22(18)34-26)16-36(24)27(38)20(21)17-42-29(33)40;1-5-28(38-25(34)19(29)12-22(32)37-27(2,3)4)18-11-21-23-16(10-15-8-6-7-9-20(15)30-23)13-31(21)24(33)17(18)14-36-26(28)35;/h9-14,23H,8,15-17H2,1-7H3,(H,35,41);6-11,19H,5,12-14,29H2,1-4H3;1H/t23-,33+;19-,28+;/m11./s1. The van der Waals surface area contributed by atoms with E-state index in [4.69, 9.17) is 48.9 Å². The van der Waals surface area contributed by atoms with Gasteiger partial charge in [-0.3, -0.25) is 24.0 Å². The Bertz CT molecular complexity index is 3800. The number of nitrogens with one attached hydrogen (secondary N) is 1. The third-order valence-corrected chi connectivity index (χ3v) is 14.2. The predicted molar refractivity (Wildman–Crippen MR) is 306 cm³/mol. The maximum Gasteiger partial charge on any atom is 0.408 e. The van der Waals surface area contributed by atoms with Crippen LogP contribution in [-0.2, 0) is 99.4 Å². The minimum atomic E-state index is -2.04. The second kappa shape index (κ2) is 22.9. The first-order chi connectivity index (χ1) is 38.9. The fraction of sp³-hybridized carbons (Fsp3) is 0.426. The van der Waals surface area contributed by atoms with E-state index in [-0.39, 0.29) is 72.8 Å². The van der Waals surface area contributed by atoms with Crippen LogP contribution in [-0.4, -0.2) is 89.9 Å². The van der Waals surface area contributed by atoms with E-state index in [9.17, 15) is 43.2 Å². The molecule has 0 unspecified atom stereocenters. The lowest BCUT2D eigenvalue weighted by atomic mass is 9.85. The Hall–Kier alpha value is -8.50. The fourth-order valence-electron chi connectivity index (χ4n) is 10.5. The number of nitrogens with two attached hydrogens (primary N) is 1. The van der Waals surface area contributed by atoms with Crippen LogP contribution in [0.25, 0.3) is 44.6 Å². The molecular weight excluding hydrogens is 1110 g/mol. The van der Waals surface area contributed by atoms with Gasteiger partial charge in [-0.05, 0) is 112 Å². The number of benzene rings is 2.